The lowest BCUT2D eigenvalue weighted by Gasteiger charge is -2.35. The molecular formula is C13H13F4N3. The summed E-state index contributed by atoms with van der Waals surface area (Å²) in [6.45, 7) is 2.26. The molecule has 2 heterocycles. The van der Waals surface area contributed by atoms with Crippen molar-refractivity contribution < 1.29 is 17.6 Å². The molecule has 1 fully saturated rings. The number of piperazine rings is 1. The zero-order valence-corrected chi connectivity index (χ0v) is 10.7. The first kappa shape index (κ1) is 14.6. The first-order valence-electron chi connectivity index (χ1n) is 6.15. The molecule has 0 bridgehead atoms. The lowest BCUT2D eigenvalue weighted by molar-refractivity contribution is 0.261. The van der Waals surface area contributed by atoms with Gasteiger partial charge in [0.25, 0.3) is 11.9 Å². The first-order chi connectivity index (χ1) is 9.54. The molecule has 1 saturated heterocycles. The van der Waals surface area contributed by atoms with Crippen molar-refractivity contribution in [2.75, 3.05) is 37.6 Å². The van der Waals surface area contributed by atoms with E-state index in [9.17, 15) is 17.6 Å². The zero-order valence-electron chi connectivity index (χ0n) is 10.7. The Morgan fingerprint density at radius 1 is 1.00 bits per heavy atom. The van der Waals surface area contributed by atoms with E-state index in [1.54, 1.807) is 0 Å². The summed E-state index contributed by atoms with van der Waals surface area (Å²) in [6.07, 6.45) is 5.75. The lowest BCUT2D eigenvalue weighted by Crippen LogP contribution is -2.47. The van der Waals surface area contributed by atoms with Gasteiger partial charge in [0, 0.05) is 39.1 Å². The average Bonchev–Trinajstić information content (AvgIpc) is 2.44. The van der Waals surface area contributed by atoms with Crippen LogP contribution in [-0.2, 0) is 0 Å². The van der Waals surface area contributed by atoms with Crippen LogP contribution in [0, 0.1) is 35.9 Å². The predicted molar refractivity (Wildman–Crippen MR) is 66.2 cm³/mol. The lowest BCUT2D eigenvalue weighted by atomic mass is 10.2. The van der Waals surface area contributed by atoms with E-state index in [0.717, 1.165) is 0 Å². The van der Waals surface area contributed by atoms with Gasteiger partial charge < -0.3 is 4.90 Å². The largest absolute Gasteiger partial charge is 0.364 e. The second kappa shape index (κ2) is 6.09. The van der Waals surface area contributed by atoms with E-state index in [1.165, 1.54) is 4.90 Å². The molecule has 2 rings (SSSR count). The maximum Gasteiger partial charge on any atom is 0.253 e. The molecule has 1 aliphatic heterocycles. The third kappa shape index (κ3) is 2.85. The molecule has 0 saturated carbocycles. The van der Waals surface area contributed by atoms with Crippen LogP contribution in [0.15, 0.2) is 0 Å². The number of aromatic nitrogens is 1. The number of hydrogen-bond donors (Lipinski definition) is 0. The van der Waals surface area contributed by atoms with Crippen molar-refractivity contribution in [2.45, 2.75) is 6.42 Å². The highest BCUT2D eigenvalue weighted by atomic mass is 19.2. The van der Waals surface area contributed by atoms with E-state index in [-0.39, 0.29) is 13.1 Å². The van der Waals surface area contributed by atoms with E-state index in [1.807, 2.05) is 4.90 Å². The van der Waals surface area contributed by atoms with Crippen molar-refractivity contribution in [3.05, 3.63) is 23.5 Å². The summed E-state index contributed by atoms with van der Waals surface area (Å²) in [4.78, 5) is 5.85. The maximum atomic E-state index is 13.6. The summed E-state index contributed by atoms with van der Waals surface area (Å²) in [6, 6.07) is 0. The Labute approximate surface area is 114 Å². The van der Waals surface area contributed by atoms with Crippen molar-refractivity contribution in [3.63, 3.8) is 0 Å². The van der Waals surface area contributed by atoms with Crippen molar-refractivity contribution >= 4 is 5.69 Å². The summed E-state index contributed by atoms with van der Waals surface area (Å²) in [7, 11) is 0. The smallest absolute Gasteiger partial charge is 0.253 e. The van der Waals surface area contributed by atoms with Crippen LogP contribution in [-0.4, -0.2) is 42.6 Å². The number of rotatable bonds is 3. The zero-order chi connectivity index (χ0) is 14.7. The van der Waals surface area contributed by atoms with Crippen molar-refractivity contribution in [1.82, 2.24) is 9.88 Å². The Morgan fingerprint density at radius 3 is 2.05 bits per heavy atom. The molecule has 0 aliphatic carbocycles. The van der Waals surface area contributed by atoms with E-state index < -0.39 is 29.2 Å². The van der Waals surface area contributed by atoms with Crippen LogP contribution in [0.25, 0.3) is 0 Å². The summed E-state index contributed by atoms with van der Waals surface area (Å²) in [5, 5.41) is 0. The second-order valence-corrected chi connectivity index (χ2v) is 4.45. The van der Waals surface area contributed by atoms with Gasteiger partial charge in [-0.15, -0.1) is 12.3 Å². The maximum absolute atomic E-state index is 13.6. The highest BCUT2D eigenvalue weighted by Crippen LogP contribution is 2.27. The van der Waals surface area contributed by atoms with Crippen molar-refractivity contribution in [3.8, 4) is 12.3 Å². The fourth-order valence-corrected chi connectivity index (χ4v) is 2.17. The molecule has 20 heavy (non-hydrogen) atoms. The standard InChI is InChI=1S/C13H13F4N3/c1-2-3-4-19-5-7-20(8-6-19)11-9(14)12(16)18-13(17)10(11)15/h1H,3-8H2. The summed E-state index contributed by atoms with van der Waals surface area (Å²) in [5.41, 5.74) is -0.688. The van der Waals surface area contributed by atoms with Gasteiger partial charge >= 0.3 is 0 Å². The van der Waals surface area contributed by atoms with Gasteiger partial charge in [0.2, 0.25) is 11.6 Å². The number of terminal acetylenes is 1. The fourth-order valence-electron chi connectivity index (χ4n) is 2.17. The van der Waals surface area contributed by atoms with Crippen molar-refractivity contribution in [2.24, 2.45) is 0 Å². The van der Waals surface area contributed by atoms with Gasteiger partial charge in [-0.1, -0.05) is 0 Å². The summed E-state index contributed by atoms with van der Waals surface area (Å²) >= 11 is 0. The van der Waals surface area contributed by atoms with Gasteiger partial charge in [0.15, 0.2) is 0 Å². The van der Waals surface area contributed by atoms with Crippen LogP contribution >= 0.6 is 0 Å². The van der Waals surface area contributed by atoms with E-state index in [0.29, 0.717) is 26.1 Å². The number of halogens is 4. The Morgan fingerprint density at radius 2 is 1.55 bits per heavy atom. The Balaban J connectivity index is 2.13. The molecule has 0 aromatic carbocycles. The SMILES string of the molecule is C#CCCN1CCN(c2c(F)c(F)nc(F)c2F)CC1. The van der Waals surface area contributed by atoms with E-state index in [4.69, 9.17) is 6.42 Å². The Kier molecular flexibility index (Phi) is 4.45. The minimum absolute atomic E-state index is 0.265. The monoisotopic (exact) mass is 287 g/mol. The average molecular weight is 287 g/mol. The molecule has 7 heteroatoms. The molecule has 0 radical (unpaired) electrons. The normalized spacial score (nSPS) is 16.2. The van der Waals surface area contributed by atoms with Gasteiger partial charge in [0.05, 0.1) is 0 Å². The number of anilines is 1. The minimum Gasteiger partial charge on any atom is -0.364 e. The molecule has 0 amide bonds. The number of nitrogens with zero attached hydrogens (tertiary/aromatic N) is 3. The molecule has 1 aromatic heterocycles. The Bertz CT molecular complexity index is 507. The predicted octanol–water partition coefficient (Wildman–Crippen LogP) is 1.78. The molecular weight excluding hydrogens is 274 g/mol. The van der Waals surface area contributed by atoms with Crippen LogP contribution < -0.4 is 4.90 Å². The summed E-state index contributed by atoms with van der Waals surface area (Å²) < 4.78 is 53.3. The highest BCUT2D eigenvalue weighted by Gasteiger charge is 2.27. The van der Waals surface area contributed by atoms with Gasteiger partial charge in [-0.25, -0.2) is 0 Å². The van der Waals surface area contributed by atoms with Crippen molar-refractivity contribution in [1.29, 1.82) is 0 Å². The van der Waals surface area contributed by atoms with Gasteiger partial charge in [0.1, 0.15) is 5.69 Å². The molecule has 0 unspecified atom stereocenters. The Hall–Kier alpha value is -1.81. The third-order valence-corrected chi connectivity index (χ3v) is 3.24. The van der Waals surface area contributed by atoms with E-state index >= 15 is 0 Å². The summed E-state index contributed by atoms with van der Waals surface area (Å²) in [5.74, 6) is -3.67. The fraction of sp³-hybridized carbons (Fsp3) is 0.462. The third-order valence-electron chi connectivity index (χ3n) is 3.24. The quantitative estimate of drug-likeness (QED) is 0.480. The highest BCUT2D eigenvalue weighted by molar-refractivity contribution is 5.49. The number of hydrogen-bond acceptors (Lipinski definition) is 3. The van der Waals surface area contributed by atoms with Crippen LogP contribution in [0.2, 0.25) is 0 Å². The van der Waals surface area contributed by atoms with Crippen LogP contribution in [0.5, 0.6) is 0 Å². The van der Waals surface area contributed by atoms with Gasteiger partial charge in [-0.2, -0.15) is 22.5 Å². The number of pyridine rings is 1. The van der Waals surface area contributed by atoms with Crippen LogP contribution in [0.4, 0.5) is 23.2 Å². The molecule has 108 valence electrons. The van der Waals surface area contributed by atoms with E-state index in [2.05, 4.69) is 10.9 Å². The van der Waals surface area contributed by atoms with Crippen LogP contribution in [0.1, 0.15) is 6.42 Å². The molecule has 0 spiro atoms. The van der Waals surface area contributed by atoms with Gasteiger partial charge in [-0.3, -0.25) is 4.90 Å². The second-order valence-electron chi connectivity index (χ2n) is 4.45. The first-order valence-corrected chi connectivity index (χ1v) is 6.15. The molecule has 1 aliphatic rings. The molecule has 0 atom stereocenters. The van der Waals surface area contributed by atoms with Crippen LogP contribution in [0.3, 0.4) is 0 Å². The molecule has 1 aromatic rings. The van der Waals surface area contributed by atoms with Gasteiger partial charge in [-0.05, 0) is 0 Å². The molecule has 3 nitrogen and oxygen atoms in total. The topological polar surface area (TPSA) is 19.4 Å². The minimum atomic E-state index is -1.63. The molecule has 0 N–H and O–H groups in total.